The van der Waals surface area contributed by atoms with Crippen LogP contribution in [0.25, 0.3) is 0 Å². The normalized spacial score (nSPS) is 11.9. The Morgan fingerprint density at radius 3 is 2.41 bits per heavy atom. The molecule has 0 amide bonds. The molecule has 0 aliphatic rings. The SMILES string of the molecule is C=C(C(=O)O)C(=O)OCCC(CC)CCCC. The molecular formula is C13H22O4. The molecule has 0 heterocycles. The first kappa shape index (κ1) is 15.7. The first-order chi connectivity index (χ1) is 8.02. The van der Waals surface area contributed by atoms with E-state index in [0.29, 0.717) is 5.92 Å². The molecule has 0 rings (SSSR count). The fourth-order valence-electron chi connectivity index (χ4n) is 1.54. The van der Waals surface area contributed by atoms with Gasteiger partial charge < -0.3 is 9.84 Å². The Morgan fingerprint density at radius 1 is 1.29 bits per heavy atom. The van der Waals surface area contributed by atoms with Gasteiger partial charge in [-0.1, -0.05) is 46.1 Å². The Labute approximate surface area is 103 Å². The van der Waals surface area contributed by atoms with Crippen LogP contribution in [0.5, 0.6) is 0 Å². The first-order valence-corrected chi connectivity index (χ1v) is 6.12. The van der Waals surface area contributed by atoms with E-state index in [2.05, 4.69) is 20.4 Å². The zero-order chi connectivity index (χ0) is 13.3. The predicted octanol–water partition coefficient (Wildman–Crippen LogP) is 2.78. The molecule has 0 fully saturated rings. The van der Waals surface area contributed by atoms with Crippen LogP contribution < -0.4 is 0 Å². The minimum Gasteiger partial charge on any atom is -0.477 e. The zero-order valence-corrected chi connectivity index (χ0v) is 10.7. The molecule has 1 atom stereocenters. The summed E-state index contributed by atoms with van der Waals surface area (Å²) in [4.78, 5) is 21.6. The number of rotatable bonds is 9. The average Bonchev–Trinajstić information content (AvgIpc) is 2.31. The summed E-state index contributed by atoms with van der Waals surface area (Å²) in [6.45, 7) is 7.67. The number of unbranched alkanes of at least 4 members (excludes halogenated alkanes) is 1. The van der Waals surface area contributed by atoms with Crippen molar-refractivity contribution in [2.45, 2.75) is 46.0 Å². The van der Waals surface area contributed by atoms with Gasteiger partial charge in [0.1, 0.15) is 5.57 Å². The van der Waals surface area contributed by atoms with E-state index in [0.717, 1.165) is 25.7 Å². The second-order valence-corrected chi connectivity index (χ2v) is 4.12. The van der Waals surface area contributed by atoms with Crippen LogP contribution in [0.4, 0.5) is 0 Å². The molecule has 1 unspecified atom stereocenters. The van der Waals surface area contributed by atoms with Crippen LogP contribution in [0.1, 0.15) is 46.0 Å². The van der Waals surface area contributed by atoms with E-state index in [9.17, 15) is 9.59 Å². The molecule has 0 aromatic carbocycles. The maximum atomic E-state index is 11.2. The lowest BCUT2D eigenvalue weighted by Gasteiger charge is -2.14. The fourth-order valence-corrected chi connectivity index (χ4v) is 1.54. The van der Waals surface area contributed by atoms with Gasteiger partial charge in [-0.05, 0) is 12.3 Å². The largest absolute Gasteiger partial charge is 0.477 e. The molecule has 4 heteroatoms. The highest BCUT2D eigenvalue weighted by atomic mass is 16.5. The van der Waals surface area contributed by atoms with Gasteiger partial charge in [0.05, 0.1) is 6.61 Å². The van der Waals surface area contributed by atoms with Crippen molar-refractivity contribution in [1.29, 1.82) is 0 Å². The topological polar surface area (TPSA) is 63.6 Å². The zero-order valence-electron chi connectivity index (χ0n) is 10.7. The summed E-state index contributed by atoms with van der Waals surface area (Å²) in [6.07, 6.45) is 5.30. The molecule has 0 saturated carbocycles. The van der Waals surface area contributed by atoms with Crippen LogP contribution in [0, 0.1) is 5.92 Å². The van der Waals surface area contributed by atoms with Crippen LogP contribution in [0.2, 0.25) is 0 Å². The number of carbonyl (C=O) groups excluding carboxylic acids is 1. The molecule has 1 N–H and O–H groups in total. The number of carbonyl (C=O) groups is 2. The minimum atomic E-state index is -1.33. The van der Waals surface area contributed by atoms with E-state index in [1.165, 1.54) is 6.42 Å². The summed E-state index contributed by atoms with van der Waals surface area (Å²) in [5.41, 5.74) is -0.508. The quantitative estimate of drug-likeness (QED) is 0.292. The number of ether oxygens (including phenoxy) is 1. The third kappa shape index (κ3) is 6.76. The molecular weight excluding hydrogens is 220 g/mol. The lowest BCUT2D eigenvalue weighted by atomic mass is 9.96. The molecule has 0 spiro atoms. The van der Waals surface area contributed by atoms with Crippen molar-refractivity contribution in [3.8, 4) is 0 Å². The molecule has 4 nitrogen and oxygen atoms in total. The molecule has 0 radical (unpaired) electrons. The maximum absolute atomic E-state index is 11.2. The van der Waals surface area contributed by atoms with E-state index < -0.39 is 17.5 Å². The average molecular weight is 242 g/mol. The number of esters is 1. The smallest absolute Gasteiger partial charge is 0.344 e. The van der Waals surface area contributed by atoms with Crippen molar-refractivity contribution in [3.63, 3.8) is 0 Å². The van der Waals surface area contributed by atoms with Crippen molar-refractivity contribution < 1.29 is 19.4 Å². The Bertz CT molecular complexity index is 271. The number of aliphatic carboxylic acids is 1. The van der Waals surface area contributed by atoms with Gasteiger partial charge in [-0.3, -0.25) is 0 Å². The van der Waals surface area contributed by atoms with Gasteiger partial charge in [0.15, 0.2) is 0 Å². The molecule has 98 valence electrons. The summed E-state index contributed by atoms with van der Waals surface area (Å²) in [5, 5.41) is 8.52. The van der Waals surface area contributed by atoms with Gasteiger partial charge in [-0.2, -0.15) is 0 Å². The molecule has 0 aromatic rings. The van der Waals surface area contributed by atoms with Crippen molar-refractivity contribution in [3.05, 3.63) is 12.2 Å². The third-order valence-corrected chi connectivity index (χ3v) is 2.81. The van der Waals surface area contributed by atoms with E-state index >= 15 is 0 Å². The highest BCUT2D eigenvalue weighted by molar-refractivity contribution is 6.12. The Morgan fingerprint density at radius 2 is 1.94 bits per heavy atom. The van der Waals surface area contributed by atoms with Gasteiger partial charge in [-0.15, -0.1) is 0 Å². The van der Waals surface area contributed by atoms with Crippen LogP contribution in [0.3, 0.4) is 0 Å². The molecule has 17 heavy (non-hydrogen) atoms. The lowest BCUT2D eigenvalue weighted by Crippen LogP contribution is -2.16. The molecule has 0 aromatic heterocycles. The van der Waals surface area contributed by atoms with Gasteiger partial charge in [-0.25, -0.2) is 9.59 Å². The molecule has 0 saturated heterocycles. The van der Waals surface area contributed by atoms with E-state index in [4.69, 9.17) is 9.84 Å². The highest BCUT2D eigenvalue weighted by Crippen LogP contribution is 2.16. The summed E-state index contributed by atoms with van der Waals surface area (Å²) in [5.74, 6) is -1.61. The van der Waals surface area contributed by atoms with Gasteiger partial charge >= 0.3 is 11.9 Å². The highest BCUT2D eigenvalue weighted by Gasteiger charge is 2.16. The second kappa shape index (κ2) is 8.79. The predicted molar refractivity (Wildman–Crippen MR) is 65.7 cm³/mol. The number of carboxylic acids is 1. The van der Waals surface area contributed by atoms with Gasteiger partial charge in [0.25, 0.3) is 0 Å². The van der Waals surface area contributed by atoms with Crippen molar-refractivity contribution >= 4 is 11.9 Å². The summed E-state index contributed by atoms with van der Waals surface area (Å²) >= 11 is 0. The second-order valence-electron chi connectivity index (χ2n) is 4.12. The Balaban J connectivity index is 3.84. The summed E-state index contributed by atoms with van der Waals surface area (Å²) in [7, 11) is 0. The van der Waals surface area contributed by atoms with Crippen molar-refractivity contribution in [2.75, 3.05) is 6.61 Å². The molecule has 0 aliphatic heterocycles. The van der Waals surface area contributed by atoms with Crippen molar-refractivity contribution in [1.82, 2.24) is 0 Å². The van der Waals surface area contributed by atoms with Gasteiger partial charge in [0.2, 0.25) is 0 Å². The summed E-state index contributed by atoms with van der Waals surface area (Å²) < 4.78 is 4.86. The number of carboxylic acid groups (broad SMARTS) is 1. The number of hydrogen-bond donors (Lipinski definition) is 1. The van der Waals surface area contributed by atoms with Crippen molar-refractivity contribution in [2.24, 2.45) is 5.92 Å². The van der Waals surface area contributed by atoms with Crippen LogP contribution in [-0.2, 0) is 14.3 Å². The van der Waals surface area contributed by atoms with E-state index in [1.54, 1.807) is 0 Å². The van der Waals surface area contributed by atoms with Crippen LogP contribution in [-0.4, -0.2) is 23.7 Å². The minimum absolute atomic E-state index is 0.271. The fraction of sp³-hybridized carbons (Fsp3) is 0.692. The van der Waals surface area contributed by atoms with Crippen LogP contribution in [0.15, 0.2) is 12.2 Å². The van der Waals surface area contributed by atoms with Crippen LogP contribution >= 0.6 is 0 Å². The molecule has 0 aliphatic carbocycles. The lowest BCUT2D eigenvalue weighted by molar-refractivity contribution is -0.144. The Kier molecular flexibility index (Phi) is 8.11. The third-order valence-electron chi connectivity index (χ3n) is 2.81. The number of hydrogen-bond acceptors (Lipinski definition) is 3. The first-order valence-electron chi connectivity index (χ1n) is 6.12. The molecule has 0 bridgehead atoms. The van der Waals surface area contributed by atoms with Gasteiger partial charge in [0, 0.05) is 0 Å². The van der Waals surface area contributed by atoms with E-state index in [-0.39, 0.29) is 6.61 Å². The Hall–Kier alpha value is -1.32. The standard InChI is InChI=1S/C13H22O4/c1-4-6-7-11(5-2)8-9-17-13(16)10(3)12(14)15/h11H,3-9H2,1-2H3,(H,14,15). The summed E-state index contributed by atoms with van der Waals surface area (Å²) in [6, 6.07) is 0. The van der Waals surface area contributed by atoms with E-state index in [1.807, 2.05) is 0 Å². The monoisotopic (exact) mass is 242 g/mol. The maximum Gasteiger partial charge on any atom is 0.344 e.